The number of hydrogen-bond acceptors (Lipinski definition) is 4. The van der Waals surface area contributed by atoms with E-state index in [0.29, 0.717) is 18.0 Å². The molecule has 0 unspecified atom stereocenters. The quantitative estimate of drug-likeness (QED) is 0.502. The molecule has 0 fully saturated rings. The number of nitrogens with zero attached hydrogens (tertiary/aromatic N) is 3. The van der Waals surface area contributed by atoms with Crippen LogP contribution in [0.2, 0.25) is 5.02 Å². The Labute approximate surface area is 193 Å². The fourth-order valence-corrected chi connectivity index (χ4v) is 4.20. The zero-order chi connectivity index (χ0) is 22.5. The summed E-state index contributed by atoms with van der Waals surface area (Å²) in [6.07, 6.45) is 0.601. The monoisotopic (exact) mass is 447 g/mol. The number of amides is 1. The third-order valence-electron chi connectivity index (χ3n) is 5.55. The van der Waals surface area contributed by atoms with Crippen LogP contribution in [0.15, 0.2) is 84.0 Å². The van der Waals surface area contributed by atoms with Crippen molar-refractivity contribution in [3.8, 4) is 5.75 Å². The second kappa shape index (κ2) is 9.98. The Bertz CT molecular complexity index is 1100. The summed E-state index contributed by atoms with van der Waals surface area (Å²) in [6.45, 7) is 0.946. The number of hydrogen-bond donors (Lipinski definition) is 0. The van der Waals surface area contributed by atoms with Gasteiger partial charge in [0, 0.05) is 18.0 Å². The van der Waals surface area contributed by atoms with Crippen LogP contribution in [0, 0.1) is 0 Å². The van der Waals surface area contributed by atoms with Gasteiger partial charge in [-0.1, -0.05) is 60.1 Å². The molecule has 1 heterocycles. The Morgan fingerprint density at radius 2 is 1.75 bits per heavy atom. The van der Waals surface area contributed by atoms with Gasteiger partial charge in [-0.05, 0) is 54.1 Å². The number of benzene rings is 3. The fourth-order valence-electron chi connectivity index (χ4n) is 3.94. The third kappa shape index (κ3) is 5.01. The maximum Gasteiger partial charge on any atom is 0.257 e. The average molecular weight is 448 g/mol. The van der Waals surface area contributed by atoms with Crippen LogP contribution in [-0.2, 0) is 11.3 Å². The van der Waals surface area contributed by atoms with Crippen molar-refractivity contribution in [1.29, 1.82) is 0 Å². The van der Waals surface area contributed by atoms with Crippen molar-refractivity contribution in [1.82, 2.24) is 9.91 Å². The Morgan fingerprint density at radius 1 is 1.06 bits per heavy atom. The smallest absolute Gasteiger partial charge is 0.257 e. The highest BCUT2D eigenvalue weighted by Crippen LogP contribution is 2.36. The molecule has 3 aromatic carbocycles. The zero-order valence-electron chi connectivity index (χ0n) is 18.2. The van der Waals surface area contributed by atoms with Gasteiger partial charge in [-0.25, -0.2) is 5.01 Å². The molecule has 1 aliphatic rings. The highest BCUT2D eigenvalue weighted by atomic mass is 35.5. The van der Waals surface area contributed by atoms with Gasteiger partial charge in [-0.2, -0.15) is 5.10 Å². The molecule has 0 aromatic heterocycles. The van der Waals surface area contributed by atoms with E-state index in [2.05, 4.69) is 12.1 Å². The molecule has 5 nitrogen and oxygen atoms in total. The van der Waals surface area contributed by atoms with Crippen molar-refractivity contribution in [3.05, 3.63) is 101 Å². The number of likely N-dealkylation sites (N-methyl/N-ethyl adjacent to an activating group) is 1. The average Bonchev–Trinajstić information content (AvgIpc) is 3.25. The molecule has 0 radical (unpaired) electrons. The fraction of sp³-hybridized carbons (Fsp3) is 0.231. The lowest BCUT2D eigenvalue weighted by molar-refractivity contribution is -0.134. The van der Waals surface area contributed by atoms with Crippen molar-refractivity contribution in [2.24, 2.45) is 5.10 Å². The minimum atomic E-state index is -0.238. The van der Waals surface area contributed by atoms with E-state index in [1.807, 2.05) is 78.7 Å². The van der Waals surface area contributed by atoms with Crippen LogP contribution in [0.5, 0.6) is 5.75 Å². The van der Waals surface area contributed by atoms with Crippen molar-refractivity contribution < 1.29 is 9.53 Å². The van der Waals surface area contributed by atoms with E-state index in [0.717, 1.165) is 28.2 Å². The summed E-state index contributed by atoms with van der Waals surface area (Å²) < 4.78 is 5.26. The normalized spacial score (nSPS) is 15.7. The molecule has 0 saturated carbocycles. The maximum absolute atomic E-state index is 13.3. The Hall–Kier alpha value is -3.15. The molecule has 32 heavy (non-hydrogen) atoms. The van der Waals surface area contributed by atoms with Gasteiger partial charge in [0.1, 0.15) is 5.75 Å². The van der Waals surface area contributed by atoms with E-state index < -0.39 is 0 Å². The molecule has 3 aromatic rings. The molecule has 164 valence electrons. The maximum atomic E-state index is 13.3. The van der Waals surface area contributed by atoms with Crippen LogP contribution in [0.3, 0.4) is 0 Å². The van der Waals surface area contributed by atoms with Crippen LogP contribution < -0.4 is 4.74 Å². The number of hydrazone groups is 1. The van der Waals surface area contributed by atoms with Crippen LogP contribution in [0.25, 0.3) is 0 Å². The number of rotatable bonds is 7. The summed E-state index contributed by atoms with van der Waals surface area (Å²) in [5, 5.41) is 6.98. The van der Waals surface area contributed by atoms with Crippen LogP contribution in [0.1, 0.15) is 29.2 Å². The highest BCUT2D eigenvalue weighted by molar-refractivity contribution is 6.31. The van der Waals surface area contributed by atoms with Gasteiger partial charge < -0.3 is 4.74 Å². The van der Waals surface area contributed by atoms with E-state index in [9.17, 15) is 4.79 Å². The minimum absolute atomic E-state index is 0.0585. The summed E-state index contributed by atoms with van der Waals surface area (Å²) in [7, 11) is 3.58. The molecule has 1 amide bonds. The summed E-state index contributed by atoms with van der Waals surface area (Å²) in [5.41, 5.74) is 3.89. The van der Waals surface area contributed by atoms with Gasteiger partial charge in [0.25, 0.3) is 5.91 Å². The van der Waals surface area contributed by atoms with Crippen molar-refractivity contribution in [2.75, 3.05) is 20.7 Å². The van der Waals surface area contributed by atoms with Gasteiger partial charge in [-0.3, -0.25) is 9.69 Å². The molecule has 0 spiro atoms. The number of carbonyl (C=O) groups excluding carboxylic acids is 1. The first kappa shape index (κ1) is 22.1. The van der Waals surface area contributed by atoms with E-state index in [4.69, 9.17) is 21.4 Å². The molecule has 0 bridgehead atoms. The van der Waals surface area contributed by atoms with E-state index in [1.165, 1.54) is 0 Å². The zero-order valence-corrected chi connectivity index (χ0v) is 19.0. The van der Waals surface area contributed by atoms with Gasteiger partial charge in [0.15, 0.2) is 0 Å². The van der Waals surface area contributed by atoms with Crippen molar-refractivity contribution in [2.45, 2.75) is 19.0 Å². The molecule has 1 atom stereocenters. The summed E-state index contributed by atoms with van der Waals surface area (Å²) in [4.78, 5) is 15.3. The van der Waals surface area contributed by atoms with E-state index in [-0.39, 0.29) is 18.5 Å². The first-order chi connectivity index (χ1) is 15.5. The molecular weight excluding hydrogens is 422 g/mol. The number of halogens is 1. The lowest BCUT2D eigenvalue weighted by Crippen LogP contribution is -2.36. The standard InChI is InChI=1S/C26H26ClN3O2/c1-29(17-19-8-4-3-5-9-19)18-26(31)30-25(22-10-6-7-11-23(22)27)16-24(28-30)20-12-14-21(32-2)15-13-20/h3-15,25H,16-18H2,1-2H3/t25-/m1/s1. The molecular formula is C26H26ClN3O2. The Morgan fingerprint density at radius 3 is 2.44 bits per heavy atom. The topological polar surface area (TPSA) is 45.1 Å². The first-order valence-electron chi connectivity index (χ1n) is 10.6. The number of methoxy groups -OCH3 is 1. The van der Waals surface area contributed by atoms with Gasteiger partial charge in [-0.15, -0.1) is 0 Å². The first-order valence-corrected chi connectivity index (χ1v) is 10.9. The number of ether oxygens (including phenoxy) is 1. The van der Waals surface area contributed by atoms with Crippen molar-refractivity contribution in [3.63, 3.8) is 0 Å². The Kier molecular flexibility index (Phi) is 6.88. The summed E-state index contributed by atoms with van der Waals surface area (Å²) >= 11 is 6.50. The predicted octanol–water partition coefficient (Wildman–Crippen LogP) is 5.16. The summed E-state index contributed by atoms with van der Waals surface area (Å²) in [6, 6.07) is 25.3. The highest BCUT2D eigenvalue weighted by Gasteiger charge is 2.34. The molecule has 0 saturated heterocycles. The SMILES string of the molecule is COc1ccc(C2=NN(C(=O)CN(C)Cc3ccccc3)[C@@H](c3ccccc3Cl)C2)cc1. The van der Waals surface area contributed by atoms with Crippen LogP contribution in [0.4, 0.5) is 0 Å². The molecule has 6 heteroatoms. The third-order valence-corrected chi connectivity index (χ3v) is 5.90. The second-order valence-electron chi connectivity index (χ2n) is 7.91. The largest absolute Gasteiger partial charge is 0.497 e. The predicted molar refractivity (Wildman–Crippen MR) is 128 cm³/mol. The molecule has 0 aliphatic carbocycles. The van der Waals surface area contributed by atoms with Gasteiger partial charge in [0.2, 0.25) is 0 Å². The molecule has 0 N–H and O–H groups in total. The van der Waals surface area contributed by atoms with E-state index in [1.54, 1.807) is 12.1 Å². The Balaban J connectivity index is 1.57. The summed E-state index contributed by atoms with van der Waals surface area (Å²) in [5.74, 6) is 0.724. The second-order valence-corrected chi connectivity index (χ2v) is 8.32. The van der Waals surface area contributed by atoms with Gasteiger partial charge in [0.05, 0.1) is 25.4 Å². The van der Waals surface area contributed by atoms with Crippen LogP contribution >= 0.6 is 11.6 Å². The van der Waals surface area contributed by atoms with E-state index >= 15 is 0 Å². The van der Waals surface area contributed by atoms with Crippen molar-refractivity contribution >= 4 is 23.2 Å². The molecule has 1 aliphatic heterocycles. The van der Waals surface area contributed by atoms with Gasteiger partial charge >= 0.3 is 0 Å². The number of carbonyl (C=O) groups is 1. The van der Waals surface area contributed by atoms with Crippen LogP contribution in [-0.4, -0.2) is 42.2 Å². The lowest BCUT2D eigenvalue weighted by atomic mass is 9.98. The minimum Gasteiger partial charge on any atom is -0.497 e. The lowest BCUT2D eigenvalue weighted by Gasteiger charge is -2.25. The molecule has 4 rings (SSSR count).